The minimum atomic E-state index is -0.651. The third-order valence-electron chi connectivity index (χ3n) is 6.87. The molecule has 0 atom stereocenters. The van der Waals surface area contributed by atoms with Crippen molar-refractivity contribution in [2.45, 2.75) is 58.1 Å². The van der Waals surface area contributed by atoms with Crippen LogP contribution < -0.4 is 4.74 Å². The molecule has 2 aromatic carbocycles. The zero-order chi connectivity index (χ0) is 21.6. The first-order chi connectivity index (χ1) is 15.1. The van der Waals surface area contributed by atoms with Gasteiger partial charge in [0.2, 0.25) is 0 Å². The number of carboxylic acid groups (broad SMARTS) is 1. The van der Waals surface area contributed by atoms with E-state index in [1.807, 2.05) is 0 Å². The summed E-state index contributed by atoms with van der Waals surface area (Å²) in [6.45, 7) is 6.34. The third-order valence-corrected chi connectivity index (χ3v) is 6.87. The van der Waals surface area contributed by atoms with Crippen molar-refractivity contribution in [1.29, 1.82) is 0 Å². The molecule has 1 aliphatic carbocycles. The molecule has 1 saturated heterocycles. The zero-order valence-electron chi connectivity index (χ0n) is 18.6. The van der Waals surface area contributed by atoms with Crippen molar-refractivity contribution in [2.24, 2.45) is 11.8 Å². The molecule has 1 N–H and O–H groups in total. The summed E-state index contributed by atoms with van der Waals surface area (Å²) < 4.78 is 11.9. The number of likely N-dealkylation sites (tertiary alicyclic amines) is 1. The van der Waals surface area contributed by atoms with Crippen molar-refractivity contribution in [3.05, 3.63) is 42.0 Å². The fourth-order valence-electron chi connectivity index (χ4n) is 4.93. The summed E-state index contributed by atoms with van der Waals surface area (Å²) in [7, 11) is 0. The van der Waals surface area contributed by atoms with E-state index in [-0.39, 0.29) is 5.92 Å². The van der Waals surface area contributed by atoms with E-state index in [1.54, 1.807) is 0 Å². The molecular formula is C26H35NO4. The number of hydrogen-bond acceptors (Lipinski definition) is 4. The molecule has 0 radical (unpaired) electrons. The Morgan fingerprint density at radius 1 is 1.00 bits per heavy atom. The zero-order valence-corrected chi connectivity index (χ0v) is 18.6. The summed E-state index contributed by atoms with van der Waals surface area (Å²) in [6, 6.07) is 13.0. The molecule has 0 aromatic heterocycles. The van der Waals surface area contributed by atoms with Gasteiger partial charge in [-0.05, 0) is 99.0 Å². The highest BCUT2D eigenvalue weighted by Gasteiger charge is 2.24. The predicted molar refractivity (Wildman–Crippen MR) is 122 cm³/mol. The Hall–Kier alpha value is -2.11. The van der Waals surface area contributed by atoms with Gasteiger partial charge in [0.15, 0.2) is 0 Å². The third kappa shape index (κ3) is 5.98. The van der Waals surface area contributed by atoms with Gasteiger partial charge in [-0.25, -0.2) is 0 Å². The summed E-state index contributed by atoms with van der Waals surface area (Å²) >= 11 is 0. The monoisotopic (exact) mass is 425 g/mol. The summed E-state index contributed by atoms with van der Waals surface area (Å²) in [5.74, 6) is 0.821. The molecule has 31 heavy (non-hydrogen) atoms. The van der Waals surface area contributed by atoms with Gasteiger partial charge in [0.05, 0.1) is 12.0 Å². The van der Waals surface area contributed by atoms with Gasteiger partial charge in [-0.3, -0.25) is 9.69 Å². The molecule has 2 fully saturated rings. The lowest BCUT2D eigenvalue weighted by Crippen LogP contribution is -2.35. The number of hydrogen-bond donors (Lipinski definition) is 1. The maximum Gasteiger partial charge on any atom is 0.306 e. The van der Waals surface area contributed by atoms with E-state index in [9.17, 15) is 4.79 Å². The van der Waals surface area contributed by atoms with Crippen LogP contribution in [0, 0.1) is 11.8 Å². The van der Waals surface area contributed by atoms with E-state index in [4.69, 9.17) is 14.6 Å². The minimum Gasteiger partial charge on any atom is -0.490 e. The van der Waals surface area contributed by atoms with Crippen molar-refractivity contribution in [3.63, 3.8) is 0 Å². The number of nitrogens with zero attached hydrogens (tertiary/aromatic N) is 1. The first-order valence-electron chi connectivity index (χ1n) is 11.8. The van der Waals surface area contributed by atoms with Crippen LogP contribution in [0.5, 0.6) is 5.75 Å². The summed E-state index contributed by atoms with van der Waals surface area (Å²) in [5, 5.41) is 11.6. The number of carbonyl (C=O) groups is 1. The number of benzene rings is 2. The van der Waals surface area contributed by atoms with Crippen LogP contribution in [0.25, 0.3) is 10.8 Å². The van der Waals surface area contributed by atoms with Crippen molar-refractivity contribution in [3.8, 4) is 5.75 Å². The van der Waals surface area contributed by atoms with Crippen molar-refractivity contribution >= 4 is 16.7 Å². The van der Waals surface area contributed by atoms with Crippen molar-refractivity contribution in [2.75, 3.05) is 26.3 Å². The second kappa shape index (κ2) is 10.5. The summed E-state index contributed by atoms with van der Waals surface area (Å²) in [6.07, 6.45) is 6.38. The molecule has 2 aromatic rings. The number of carboxylic acids is 1. The normalized spacial score (nSPS) is 23.1. The second-order valence-electron chi connectivity index (χ2n) is 9.15. The Morgan fingerprint density at radius 2 is 1.71 bits per heavy atom. The lowest BCUT2D eigenvalue weighted by Gasteiger charge is -2.30. The van der Waals surface area contributed by atoms with Gasteiger partial charge < -0.3 is 14.6 Å². The Bertz CT molecular complexity index is 867. The molecule has 5 nitrogen and oxygen atoms in total. The molecule has 1 heterocycles. The van der Waals surface area contributed by atoms with E-state index in [2.05, 4.69) is 48.2 Å². The van der Waals surface area contributed by atoms with E-state index in [0.717, 1.165) is 64.3 Å². The van der Waals surface area contributed by atoms with Crippen LogP contribution in [0.15, 0.2) is 36.4 Å². The van der Waals surface area contributed by atoms with E-state index >= 15 is 0 Å². The largest absolute Gasteiger partial charge is 0.490 e. The number of rotatable bonds is 8. The van der Waals surface area contributed by atoms with Crippen molar-refractivity contribution in [1.82, 2.24) is 4.90 Å². The first kappa shape index (κ1) is 22.1. The Kier molecular flexibility index (Phi) is 7.46. The number of piperidine rings is 1. The van der Waals surface area contributed by atoms with Crippen LogP contribution in [0.3, 0.4) is 0 Å². The van der Waals surface area contributed by atoms with Crippen LogP contribution >= 0.6 is 0 Å². The quantitative estimate of drug-likeness (QED) is 0.637. The average Bonchev–Trinajstić information content (AvgIpc) is 2.79. The van der Waals surface area contributed by atoms with Crippen LogP contribution in [0.4, 0.5) is 0 Å². The fraction of sp³-hybridized carbons (Fsp3) is 0.577. The van der Waals surface area contributed by atoms with Gasteiger partial charge in [0.25, 0.3) is 0 Å². The molecule has 5 heteroatoms. The van der Waals surface area contributed by atoms with Gasteiger partial charge >= 0.3 is 5.97 Å². The average molecular weight is 426 g/mol. The number of aliphatic carboxylic acids is 1. The molecule has 0 unspecified atom stereocenters. The maximum atomic E-state index is 11.1. The highest BCUT2D eigenvalue weighted by atomic mass is 16.5. The fourth-order valence-corrected chi connectivity index (χ4v) is 4.93. The first-order valence-corrected chi connectivity index (χ1v) is 11.8. The van der Waals surface area contributed by atoms with Crippen LogP contribution in [0.1, 0.15) is 51.0 Å². The van der Waals surface area contributed by atoms with Gasteiger partial charge in [-0.1, -0.05) is 18.2 Å². The number of fused-ring (bicyclic) bond motifs is 1. The van der Waals surface area contributed by atoms with E-state index < -0.39 is 5.97 Å². The Balaban J connectivity index is 1.31. The highest BCUT2D eigenvalue weighted by Crippen LogP contribution is 2.30. The topological polar surface area (TPSA) is 59.0 Å². The van der Waals surface area contributed by atoms with Gasteiger partial charge in [0.1, 0.15) is 5.75 Å². The van der Waals surface area contributed by atoms with Crippen molar-refractivity contribution < 1.29 is 19.4 Å². The SMILES string of the molecule is CCOC[C@H]1CC[C@@H](Oc2ccc3cc(CN4CCC(C(=O)O)CC4)ccc3c2)CC1. The lowest BCUT2D eigenvalue weighted by atomic mass is 9.88. The van der Waals surface area contributed by atoms with Gasteiger partial charge in [0, 0.05) is 19.8 Å². The van der Waals surface area contributed by atoms with E-state index in [0.29, 0.717) is 12.0 Å². The molecule has 1 aliphatic heterocycles. The predicted octanol–water partition coefficient (Wildman–Crippen LogP) is 5.11. The Labute approximate surface area is 185 Å². The molecule has 0 bridgehead atoms. The second-order valence-corrected chi connectivity index (χ2v) is 9.15. The van der Waals surface area contributed by atoms with Crippen LogP contribution in [-0.4, -0.2) is 48.4 Å². The molecule has 2 aliphatic rings. The minimum absolute atomic E-state index is 0.175. The van der Waals surface area contributed by atoms with E-state index in [1.165, 1.54) is 29.2 Å². The molecule has 0 amide bonds. The lowest BCUT2D eigenvalue weighted by molar-refractivity contribution is -0.143. The highest BCUT2D eigenvalue weighted by molar-refractivity contribution is 5.84. The molecular weight excluding hydrogens is 390 g/mol. The Morgan fingerprint density at radius 3 is 2.42 bits per heavy atom. The standard InChI is InChI=1S/C26H35NO4/c1-2-30-18-19-4-8-24(9-5-19)31-25-10-7-22-15-20(3-6-23(22)16-25)17-27-13-11-21(12-14-27)26(28)29/h3,6-7,10,15-16,19,21,24H,2,4-5,8-9,11-14,17-18H2,1H3,(H,28,29)/t19-,24+. The number of ether oxygens (including phenoxy) is 2. The molecule has 0 spiro atoms. The van der Waals surface area contributed by atoms with Crippen LogP contribution in [-0.2, 0) is 16.1 Å². The molecule has 4 rings (SSSR count). The maximum absolute atomic E-state index is 11.1. The summed E-state index contributed by atoms with van der Waals surface area (Å²) in [4.78, 5) is 13.5. The molecule has 168 valence electrons. The van der Waals surface area contributed by atoms with Gasteiger partial charge in [-0.2, -0.15) is 0 Å². The molecule has 1 saturated carbocycles. The van der Waals surface area contributed by atoms with Gasteiger partial charge in [-0.15, -0.1) is 0 Å². The summed E-state index contributed by atoms with van der Waals surface area (Å²) in [5.41, 5.74) is 1.28. The smallest absolute Gasteiger partial charge is 0.306 e. The van der Waals surface area contributed by atoms with Crippen LogP contribution in [0.2, 0.25) is 0 Å².